The molecule has 0 aliphatic heterocycles. The maximum absolute atomic E-state index is 2.27. The first-order valence-corrected chi connectivity index (χ1v) is 4.35. The monoisotopic (exact) mass is 152 g/mol. The van der Waals surface area contributed by atoms with Crippen LogP contribution >= 0.6 is 0 Å². The fourth-order valence-electron chi connectivity index (χ4n) is 0.796. The molecule has 0 aliphatic rings. The first-order valence-electron chi connectivity index (χ1n) is 4.35. The maximum Gasteiger partial charge on any atom is -0.0203 e. The van der Waals surface area contributed by atoms with E-state index >= 15 is 0 Å². The molecular weight excluding hydrogens is 132 g/mol. The smallest absolute Gasteiger partial charge is 0.0203 e. The van der Waals surface area contributed by atoms with Gasteiger partial charge in [-0.1, -0.05) is 45.1 Å². The summed E-state index contributed by atoms with van der Waals surface area (Å²) >= 11 is 0. The summed E-state index contributed by atoms with van der Waals surface area (Å²) in [7, 11) is 0. The minimum Gasteiger partial charge on any atom is -0.0917 e. The zero-order chi connectivity index (χ0) is 8.74. The second kappa shape index (κ2) is 5.17. The highest BCUT2D eigenvalue weighted by Gasteiger charge is 2.01. The van der Waals surface area contributed by atoms with Gasteiger partial charge in [0.05, 0.1) is 0 Å². The van der Waals surface area contributed by atoms with E-state index in [0.717, 1.165) is 0 Å². The van der Waals surface area contributed by atoms with Crippen molar-refractivity contribution in [3.8, 4) is 0 Å². The van der Waals surface area contributed by atoms with E-state index in [1.165, 1.54) is 12.8 Å². The molecule has 0 nitrogen and oxygen atoms in total. The Balaban J connectivity index is 3.45. The van der Waals surface area contributed by atoms with Crippen molar-refractivity contribution >= 4 is 0 Å². The third-order valence-corrected chi connectivity index (χ3v) is 1.35. The Morgan fingerprint density at radius 3 is 2.00 bits per heavy atom. The number of allylic oxidation sites excluding steroid dienone is 4. The van der Waals surface area contributed by atoms with Gasteiger partial charge in [0.15, 0.2) is 0 Å². The summed E-state index contributed by atoms with van der Waals surface area (Å²) < 4.78 is 0. The molecule has 0 aromatic carbocycles. The Kier molecular flexibility index (Phi) is 4.93. The number of hydrogen-bond acceptors (Lipinski definition) is 0. The molecule has 11 heavy (non-hydrogen) atoms. The van der Waals surface area contributed by atoms with E-state index in [4.69, 9.17) is 0 Å². The third kappa shape index (κ3) is 9.48. The molecule has 0 rings (SSSR count). The Hall–Kier alpha value is -0.520. The van der Waals surface area contributed by atoms with Crippen LogP contribution in [0.15, 0.2) is 24.3 Å². The van der Waals surface area contributed by atoms with Gasteiger partial charge in [-0.15, -0.1) is 0 Å². The van der Waals surface area contributed by atoms with Crippen LogP contribution in [0.2, 0.25) is 0 Å². The van der Waals surface area contributed by atoms with Crippen LogP contribution in [0.4, 0.5) is 0 Å². The summed E-state index contributed by atoms with van der Waals surface area (Å²) in [6.45, 7) is 8.73. The maximum atomic E-state index is 2.27. The molecule has 0 aromatic rings. The third-order valence-electron chi connectivity index (χ3n) is 1.35. The van der Waals surface area contributed by atoms with Gasteiger partial charge in [-0.25, -0.2) is 0 Å². The lowest BCUT2D eigenvalue weighted by Crippen LogP contribution is -1.97. The van der Waals surface area contributed by atoms with E-state index in [1.807, 2.05) is 0 Å². The van der Waals surface area contributed by atoms with Gasteiger partial charge in [-0.3, -0.25) is 0 Å². The molecule has 0 heterocycles. The first kappa shape index (κ1) is 10.5. The van der Waals surface area contributed by atoms with Crippen molar-refractivity contribution in [1.82, 2.24) is 0 Å². The van der Waals surface area contributed by atoms with E-state index < -0.39 is 0 Å². The van der Waals surface area contributed by atoms with E-state index in [-0.39, 0.29) is 0 Å². The molecule has 0 spiro atoms. The van der Waals surface area contributed by atoms with Crippen LogP contribution in [0.5, 0.6) is 0 Å². The molecule has 0 saturated carbocycles. The molecule has 0 heteroatoms. The van der Waals surface area contributed by atoms with E-state index in [9.17, 15) is 0 Å². The highest BCUT2D eigenvalue weighted by atomic mass is 14.1. The summed E-state index contributed by atoms with van der Waals surface area (Å²) in [6.07, 6.45) is 11.2. The van der Waals surface area contributed by atoms with Crippen LogP contribution in [0.25, 0.3) is 0 Å². The summed E-state index contributed by atoms with van der Waals surface area (Å²) in [6, 6.07) is 0. The normalized spacial score (nSPS) is 13.5. The van der Waals surface area contributed by atoms with Gasteiger partial charge in [0.2, 0.25) is 0 Å². The zero-order valence-corrected chi connectivity index (χ0v) is 8.22. The molecule has 0 aliphatic carbocycles. The van der Waals surface area contributed by atoms with Crippen LogP contribution in [0, 0.1) is 5.41 Å². The Bertz CT molecular complexity index is 133. The molecule has 0 atom stereocenters. The number of unbranched alkanes of at least 4 members (excludes halogenated alkanes) is 1. The average Bonchev–Trinajstić information content (AvgIpc) is 1.85. The van der Waals surface area contributed by atoms with E-state index in [0.29, 0.717) is 5.41 Å². The molecule has 64 valence electrons. The lowest BCUT2D eigenvalue weighted by atomic mass is 9.96. The summed E-state index contributed by atoms with van der Waals surface area (Å²) in [4.78, 5) is 0. The SMILES string of the molecule is CC=CCCC=CC(C)(C)C. The standard InChI is InChI=1S/C11H20/c1-5-6-7-8-9-10-11(2,3)4/h5-6,9-10H,7-8H2,1-4H3. The quantitative estimate of drug-likeness (QED) is 0.424. The fourth-order valence-corrected chi connectivity index (χ4v) is 0.796. The molecule has 0 fully saturated rings. The molecule has 0 aromatic heterocycles. The van der Waals surface area contributed by atoms with Gasteiger partial charge in [0.1, 0.15) is 0 Å². The minimum absolute atomic E-state index is 0.343. The minimum atomic E-state index is 0.343. The zero-order valence-electron chi connectivity index (χ0n) is 8.22. The predicted octanol–water partition coefficient (Wildman–Crippen LogP) is 3.95. The van der Waals surface area contributed by atoms with Gasteiger partial charge >= 0.3 is 0 Å². The Morgan fingerprint density at radius 1 is 1.00 bits per heavy atom. The van der Waals surface area contributed by atoms with Crippen molar-refractivity contribution in [3.63, 3.8) is 0 Å². The van der Waals surface area contributed by atoms with Gasteiger partial charge in [-0.2, -0.15) is 0 Å². The van der Waals surface area contributed by atoms with Crippen LogP contribution in [-0.4, -0.2) is 0 Å². The van der Waals surface area contributed by atoms with Crippen LogP contribution < -0.4 is 0 Å². The second-order valence-electron chi connectivity index (χ2n) is 3.91. The van der Waals surface area contributed by atoms with Crippen molar-refractivity contribution in [3.05, 3.63) is 24.3 Å². The van der Waals surface area contributed by atoms with E-state index in [1.54, 1.807) is 0 Å². The molecule has 0 saturated heterocycles. The molecule has 0 bridgehead atoms. The molecule has 0 N–H and O–H groups in total. The lowest BCUT2D eigenvalue weighted by Gasteiger charge is -2.10. The second-order valence-corrected chi connectivity index (χ2v) is 3.91. The topological polar surface area (TPSA) is 0 Å². The van der Waals surface area contributed by atoms with Gasteiger partial charge in [-0.05, 0) is 25.2 Å². The van der Waals surface area contributed by atoms with Crippen molar-refractivity contribution in [2.45, 2.75) is 40.5 Å². The molecule has 0 radical (unpaired) electrons. The van der Waals surface area contributed by atoms with Gasteiger partial charge in [0, 0.05) is 0 Å². The highest BCUT2D eigenvalue weighted by molar-refractivity contribution is 4.93. The van der Waals surface area contributed by atoms with Crippen LogP contribution in [0.3, 0.4) is 0 Å². The van der Waals surface area contributed by atoms with E-state index in [2.05, 4.69) is 52.0 Å². The largest absolute Gasteiger partial charge is 0.0917 e. The van der Waals surface area contributed by atoms with Crippen LogP contribution in [-0.2, 0) is 0 Å². The van der Waals surface area contributed by atoms with Gasteiger partial charge in [0.25, 0.3) is 0 Å². The summed E-state index contributed by atoms with van der Waals surface area (Å²) in [5.74, 6) is 0. The lowest BCUT2D eigenvalue weighted by molar-refractivity contribution is 0.542. The number of hydrogen-bond donors (Lipinski definition) is 0. The Labute approximate surface area is 71.0 Å². The van der Waals surface area contributed by atoms with Crippen molar-refractivity contribution in [1.29, 1.82) is 0 Å². The fraction of sp³-hybridized carbons (Fsp3) is 0.636. The molecule has 0 unspecified atom stereocenters. The van der Waals surface area contributed by atoms with Gasteiger partial charge < -0.3 is 0 Å². The summed E-state index contributed by atoms with van der Waals surface area (Å²) in [5.41, 5.74) is 0.343. The Morgan fingerprint density at radius 2 is 1.55 bits per heavy atom. The summed E-state index contributed by atoms with van der Waals surface area (Å²) in [5, 5.41) is 0. The van der Waals surface area contributed by atoms with Crippen LogP contribution in [0.1, 0.15) is 40.5 Å². The van der Waals surface area contributed by atoms with Crippen molar-refractivity contribution < 1.29 is 0 Å². The highest BCUT2D eigenvalue weighted by Crippen LogP contribution is 2.14. The number of rotatable bonds is 3. The molecular formula is C11H20. The van der Waals surface area contributed by atoms with Crippen molar-refractivity contribution in [2.24, 2.45) is 5.41 Å². The molecule has 0 amide bonds. The predicted molar refractivity (Wildman–Crippen MR) is 52.6 cm³/mol. The average molecular weight is 152 g/mol. The van der Waals surface area contributed by atoms with Crippen molar-refractivity contribution in [2.75, 3.05) is 0 Å². The first-order chi connectivity index (χ1) is 5.06.